The van der Waals surface area contributed by atoms with E-state index in [0.29, 0.717) is 6.54 Å². The summed E-state index contributed by atoms with van der Waals surface area (Å²) in [6, 6.07) is 0. The first-order valence-electron chi connectivity index (χ1n) is 3.99. The van der Waals surface area contributed by atoms with Gasteiger partial charge in [0, 0.05) is 20.6 Å². The van der Waals surface area contributed by atoms with Crippen molar-refractivity contribution in [3.63, 3.8) is 0 Å². The molecular weight excluding hydrogens is 158 g/mol. The Bertz CT molecular complexity index is 138. The van der Waals surface area contributed by atoms with Gasteiger partial charge in [0.2, 0.25) is 5.91 Å². The van der Waals surface area contributed by atoms with Gasteiger partial charge in [-0.1, -0.05) is 0 Å². The smallest absolute Gasteiger partial charge is 0.216 e. The van der Waals surface area contributed by atoms with Crippen LogP contribution in [-0.4, -0.2) is 32.0 Å². The lowest BCUT2D eigenvalue weighted by Gasteiger charge is -2.17. The highest BCUT2D eigenvalue weighted by molar-refractivity contribution is 5.72. The summed E-state index contributed by atoms with van der Waals surface area (Å²) < 4.78 is 10.2. The molecule has 0 bridgehead atoms. The van der Waals surface area contributed by atoms with Crippen LogP contribution in [0, 0.1) is 0 Å². The SMILES string of the molecule is COC(C)OC(C)CNC(C)=O. The third kappa shape index (κ3) is 6.12. The van der Waals surface area contributed by atoms with Crippen molar-refractivity contribution in [2.24, 2.45) is 0 Å². The van der Waals surface area contributed by atoms with Crippen LogP contribution >= 0.6 is 0 Å². The third-order valence-corrected chi connectivity index (χ3v) is 1.39. The van der Waals surface area contributed by atoms with Crippen LogP contribution in [0.5, 0.6) is 0 Å². The number of ether oxygens (including phenoxy) is 2. The van der Waals surface area contributed by atoms with Crippen molar-refractivity contribution in [2.75, 3.05) is 13.7 Å². The van der Waals surface area contributed by atoms with Gasteiger partial charge in [-0.3, -0.25) is 4.79 Å². The second kappa shape index (κ2) is 5.97. The molecule has 0 aliphatic rings. The monoisotopic (exact) mass is 175 g/mol. The van der Waals surface area contributed by atoms with Crippen LogP contribution in [0.15, 0.2) is 0 Å². The van der Waals surface area contributed by atoms with E-state index in [1.807, 2.05) is 13.8 Å². The normalized spacial score (nSPS) is 15.3. The molecule has 0 spiro atoms. The minimum absolute atomic E-state index is 0.0242. The Morgan fingerprint density at radius 2 is 2.08 bits per heavy atom. The Balaban J connectivity index is 3.45. The molecule has 72 valence electrons. The molecular formula is C8H17NO3. The average Bonchev–Trinajstić information content (AvgIpc) is 2.00. The van der Waals surface area contributed by atoms with Crippen molar-refractivity contribution in [2.45, 2.75) is 33.2 Å². The number of amides is 1. The van der Waals surface area contributed by atoms with Gasteiger partial charge in [-0.25, -0.2) is 0 Å². The molecule has 0 fully saturated rings. The first-order valence-corrected chi connectivity index (χ1v) is 3.99. The van der Waals surface area contributed by atoms with E-state index in [2.05, 4.69) is 5.32 Å². The van der Waals surface area contributed by atoms with Crippen LogP contribution in [0.25, 0.3) is 0 Å². The summed E-state index contributed by atoms with van der Waals surface area (Å²) in [5, 5.41) is 2.66. The lowest BCUT2D eigenvalue weighted by molar-refractivity contribution is -0.140. The molecule has 0 rings (SSSR count). The van der Waals surface area contributed by atoms with Gasteiger partial charge in [-0.05, 0) is 13.8 Å². The number of hydrogen-bond acceptors (Lipinski definition) is 3. The number of rotatable bonds is 5. The topological polar surface area (TPSA) is 47.6 Å². The second-order valence-electron chi connectivity index (χ2n) is 2.69. The summed E-state index contributed by atoms with van der Waals surface area (Å²) in [7, 11) is 1.58. The van der Waals surface area contributed by atoms with E-state index < -0.39 is 0 Å². The van der Waals surface area contributed by atoms with Crippen molar-refractivity contribution < 1.29 is 14.3 Å². The Kier molecular flexibility index (Phi) is 5.66. The predicted molar refractivity (Wildman–Crippen MR) is 45.7 cm³/mol. The number of carbonyl (C=O) groups is 1. The van der Waals surface area contributed by atoms with Crippen molar-refractivity contribution in [3.05, 3.63) is 0 Å². The first-order chi connectivity index (χ1) is 5.56. The summed E-state index contributed by atoms with van der Waals surface area (Å²) in [6.45, 7) is 5.69. The maximum Gasteiger partial charge on any atom is 0.216 e. The maximum absolute atomic E-state index is 10.5. The molecule has 4 nitrogen and oxygen atoms in total. The van der Waals surface area contributed by atoms with E-state index in [4.69, 9.17) is 9.47 Å². The molecule has 0 saturated heterocycles. The van der Waals surface area contributed by atoms with Crippen LogP contribution in [0.2, 0.25) is 0 Å². The van der Waals surface area contributed by atoms with Gasteiger partial charge in [-0.15, -0.1) is 0 Å². The van der Waals surface area contributed by atoms with Crippen LogP contribution in [0.3, 0.4) is 0 Å². The van der Waals surface area contributed by atoms with Gasteiger partial charge in [0.1, 0.15) is 0 Å². The third-order valence-electron chi connectivity index (χ3n) is 1.39. The molecule has 0 saturated carbocycles. The highest BCUT2D eigenvalue weighted by Gasteiger charge is 2.06. The van der Waals surface area contributed by atoms with Crippen molar-refractivity contribution in [1.82, 2.24) is 5.32 Å². The molecule has 12 heavy (non-hydrogen) atoms. The largest absolute Gasteiger partial charge is 0.356 e. The molecule has 2 atom stereocenters. The molecule has 0 aromatic heterocycles. The zero-order chi connectivity index (χ0) is 9.56. The van der Waals surface area contributed by atoms with Crippen LogP contribution < -0.4 is 5.32 Å². The Labute approximate surface area is 73.2 Å². The Morgan fingerprint density at radius 3 is 2.50 bits per heavy atom. The summed E-state index contributed by atoms with van der Waals surface area (Å²) in [5.74, 6) is -0.0458. The minimum atomic E-state index is -0.228. The van der Waals surface area contributed by atoms with Gasteiger partial charge in [0.15, 0.2) is 6.29 Å². The zero-order valence-electron chi connectivity index (χ0n) is 8.09. The summed E-state index contributed by atoms with van der Waals surface area (Å²) >= 11 is 0. The fourth-order valence-corrected chi connectivity index (χ4v) is 0.718. The molecule has 0 aromatic carbocycles. The lowest BCUT2D eigenvalue weighted by atomic mass is 10.4. The van der Waals surface area contributed by atoms with E-state index in [9.17, 15) is 4.79 Å². The van der Waals surface area contributed by atoms with E-state index in [1.165, 1.54) is 6.92 Å². The maximum atomic E-state index is 10.5. The molecule has 0 aliphatic heterocycles. The lowest BCUT2D eigenvalue weighted by Crippen LogP contribution is -2.32. The average molecular weight is 175 g/mol. The highest BCUT2D eigenvalue weighted by Crippen LogP contribution is 1.96. The van der Waals surface area contributed by atoms with Crippen molar-refractivity contribution in [3.8, 4) is 0 Å². The quantitative estimate of drug-likeness (QED) is 0.620. The van der Waals surface area contributed by atoms with Crippen molar-refractivity contribution in [1.29, 1.82) is 0 Å². The Morgan fingerprint density at radius 1 is 1.50 bits per heavy atom. The van der Waals surface area contributed by atoms with E-state index in [1.54, 1.807) is 7.11 Å². The molecule has 1 amide bonds. The van der Waals surface area contributed by atoms with Gasteiger partial charge in [0.05, 0.1) is 6.10 Å². The van der Waals surface area contributed by atoms with Crippen LogP contribution in [-0.2, 0) is 14.3 Å². The molecule has 0 heterocycles. The fraction of sp³-hybridized carbons (Fsp3) is 0.875. The zero-order valence-corrected chi connectivity index (χ0v) is 8.09. The molecule has 0 aromatic rings. The van der Waals surface area contributed by atoms with Crippen molar-refractivity contribution >= 4 is 5.91 Å². The number of carbonyl (C=O) groups excluding carboxylic acids is 1. The predicted octanol–water partition coefficient (Wildman–Crippen LogP) is 0.520. The first kappa shape index (κ1) is 11.4. The van der Waals surface area contributed by atoms with E-state index >= 15 is 0 Å². The molecule has 1 N–H and O–H groups in total. The standard InChI is InChI=1S/C8H17NO3/c1-6(5-9-7(2)10)12-8(3)11-4/h6,8H,5H2,1-4H3,(H,9,10). The van der Waals surface area contributed by atoms with E-state index in [0.717, 1.165) is 0 Å². The summed E-state index contributed by atoms with van der Waals surface area (Å²) in [6.07, 6.45) is -0.252. The minimum Gasteiger partial charge on any atom is -0.356 e. The van der Waals surface area contributed by atoms with Gasteiger partial charge >= 0.3 is 0 Å². The van der Waals surface area contributed by atoms with Gasteiger partial charge < -0.3 is 14.8 Å². The van der Waals surface area contributed by atoms with Crippen LogP contribution in [0.1, 0.15) is 20.8 Å². The highest BCUT2D eigenvalue weighted by atomic mass is 16.7. The molecule has 0 radical (unpaired) electrons. The van der Waals surface area contributed by atoms with E-state index in [-0.39, 0.29) is 18.3 Å². The summed E-state index contributed by atoms with van der Waals surface area (Å²) in [4.78, 5) is 10.5. The summed E-state index contributed by atoms with van der Waals surface area (Å²) in [5.41, 5.74) is 0. The van der Waals surface area contributed by atoms with Gasteiger partial charge in [-0.2, -0.15) is 0 Å². The number of hydrogen-bond donors (Lipinski definition) is 1. The second-order valence-corrected chi connectivity index (χ2v) is 2.69. The molecule has 0 aliphatic carbocycles. The van der Waals surface area contributed by atoms with Crippen LogP contribution in [0.4, 0.5) is 0 Å². The Hall–Kier alpha value is -0.610. The number of nitrogens with one attached hydrogen (secondary N) is 1. The molecule has 2 unspecified atom stereocenters. The fourth-order valence-electron chi connectivity index (χ4n) is 0.718. The molecule has 4 heteroatoms. The number of methoxy groups -OCH3 is 1. The van der Waals surface area contributed by atoms with Gasteiger partial charge in [0.25, 0.3) is 0 Å².